The lowest BCUT2D eigenvalue weighted by Gasteiger charge is -2.26. The van der Waals surface area contributed by atoms with Crippen molar-refractivity contribution >= 4 is 0 Å². The highest BCUT2D eigenvalue weighted by atomic mass is 15.5. The molecule has 0 spiro atoms. The second-order valence-electron chi connectivity index (χ2n) is 2.69. The summed E-state index contributed by atoms with van der Waals surface area (Å²) < 4.78 is 0. The molecule has 0 aromatic rings. The molecule has 2 heteroatoms. The van der Waals surface area contributed by atoms with Crippen molar-refractivity contribution in [2.75, 3.05) is 13.6 Å². The Balaban J connectivity index is 2.61. The van der Waals surface area contributed by atoms with Crippen molar-refractivity contribution in [3.8, 4) is 0 Å². The Labute approximate surface area is 56.5 Å². The van der Waals surface area contributed by atoms with Crippen LogP contribution in [0.4, 0.5) is 0 Å². The highest BCUT2D eigenvalue weighted by molar-refractivity contribution is 5.09. The molecule has 0 bridgehead atoms. The molecule has 0 saturated carbocycles. The molecule has 0 unspecified atom stereocenters. The lowest BCUT2D eigenvalue weighted by molar-refractivity contribution is 0.250. The molecule has 0 amide bonds. The average molecular weight is 126 g/mol. The van der Waals surface area contributed by atoms with E-state index >= 15 is 0 Å². The quantitative estimate of drug-likeness (QED) is 0.523. The molecule has 1 rings (SSSR count). The molecule has 52 valence electrons. The molecule has 0 aromatic carbocycles. The number of hydrogen-bond donors (Lipinski definition) is 1. The maximum Gasteiger partial charge on any atom is 0.0222 e. The molecule has 2 nitrogen and oxygen atoms in total. The second kappa shape index (κ2) is 2.40. The summed E-state index contributed by atoms with van der Waals surface area (Å²) in [6.07, 6.45) is 1.20. The first kappa shape index (κ1) is 6.62. The Morgan fingerprint density at radius 1 is 1.44 bits per heavy atom. The first-order valence-electron chi connectivity index (χ1n) is 3.34. The van der Waals surface area contributed by atoms with Crippen LogP contribution in [0.3, 0.4) is 0 Å². The van der Waals surface area contributed by atoms with Crippen LogP contribution in [0.5, 0.6) is 0 Å². The van der Waals surface area contributed by atoms with E-state index in [1.807, 2.05) is 0 Å². The predicted octanol–water partition coefficient (Wildman–Crippen LogP) is 1.12. The summed E-state index contributed by atoms with van der Waals surface area (Å²) >= 11 is 0. The fourth-order valence-electron chi connectivity index (χ4n) is 0.961. The molecule has 0 radical (unpaired) electrons. The minimum absolute atomic E-state index is 1.13. The Morgan fingerprint density at radius 2 is 2.11 bits per heavy atom. The Morgan fingerprint density at radius 3 is 2.56 bits per heavy atom. The van der Waals surface area contributed by atoms with E-state index < -0.39 is 0 Å². The van der Waals surface area contributed by atoms with Gasteiger partial charge in [-0.3, -0.25) is 0 Å². The van der Waals surface area contributed by atoms with E-state index in [1.54, 1.807) is 0 Å². The minimum atomic E-state index is 1.13. The summed E-state index contributed by atoms with van der Waals surface area (Å²) in [5.74, 6) is 0. The SMILES string of the molecule is CC1=C(C)NN(C)CC1. The van der Waals surface area contributed by atoms with E-state index in [0.717, 1.165) is 6.54 Å². The zero-order valence-corrected chi connectivity index (χ0v) is 6.36. The topological polar surface area (TPSA) is 15.3 Å². The zero-order valence-electron chi connectivity index (χ0n) is 6.36. The van der Waals surface area contributed by atoms with Crippen molar-refractivity contribution in [3.63, 3.8) is 0 Å². The van der Waals surface area contributed by atoms with E-state index in [-0.39, 0.29) is 0 Å². The van der Waals surface area contributed by atoms with Gasteiger partial charge in [-0.15, -0.1) is 0 Å². The first-order chi connectivity index (χ1) is 4.20. The summed E-state index contributed by atoms with van der Waals surface area (Å²) in [7, 11) is 2.07. The second-order valence-corrected chi connectivity index (χ2v) is 2.69. The molecule has 1 aliphatic heterocycles. The van der Waals surface area contributed by atoms with Gasteiger partial charge in [0.05, 0.1) is 0 Å². The highest BCUT2D eigenvalue weighted by Gasteiger charge is 2.06. The van der Waals surface area contributed by atoms with E-state index in [0.29, 0.717) is 0 Å². The standard InChI is InChI=1S/C7H14N2/c1-6-4-5-9(3)8-7(6)2/h8H,4-5H2,1-3H3. The molecule has 0 aromatic heterocycles. The number of nitrogens with one attached hydrogen (secondary N) is 1. The van der Waals surface area contributed by atoms with Crippen LogP contribution in [0.15, 0.2) is 11.3 Å². The molecule has 1 N–H and O–H groups in total. The van der Waals surface area contributed by atoms with Crippen LogP contribution >= 0.6 is 0 Å². The van der Waals surface area contributed by atoms with Gasteiger partial charge >= 0.3 is 0 Å². The van der Waals surface area contributed by atoms with Crippen LogP contribution in [0, 0.1) is 0 Å². The Hall–Kier alpha value is -0.500. The summed E-state index contributed by atoms with van der Waals surface area (Å²) in [4.78, 5) is 0. The van der Waals surface area contributed by atoms with Crippen molar-refractivity contribution in [1.82, 2.24) is 10.4 Å². The van der Waals surface area contributed by atoms with E-state index in [4.69, 9.17) is 0 Å². The predicted molar refractivity (Wildman–Crippen MR) is 38.8 cm³/mol. The Bertz CT molecular complexity index is 138. The molecular formula is C7H14N2. The zero-order chi connectivity index (χ0) is 6.85. The van der Waals surface area contributed by atoms with Gasteiger partial charge in [0.2, 0.25) is 0 Å². The van der Waals surface area contributed by atoms with Crippen molar-refractivity contribution < 1.29 is 0 Å². The van der Waals surface area contributed by atoms with Gasteiger partial charge in [0.25, 0.3) is 0 Å². The number of nitrogens with zero attached hydrogens (tertiary/aromatic N) is 1. The molecule has 0 atom stereocenters. The normalized spacial score (nSPS) is 22.1. The molecule has 9 heavy (non-hydrogen) atoms. The molecule has 0 saturated heterocycles. The summed E-state index contributed by atoms with van der Waals surface area (Å²) in [6, 6.07) is 0. The summed E-state index contributed by atoms with van der Waals surface area (Å²) in [5, 5.41) is 2.11. The third-order valence-corrected chi connectivity index (χ3v) is 1.82. The van der Waals surface area contributed by atoms with Gasteiger partial charge in [-0.2, -0.15) is 0 Å². The Kier molecular flexibility index (Phi) is 1.76. The maximum atomic E-state index is 3.24. The van der Waals surface area contributed by atoms with Crippen molar-refractivity contribution in [2.24, 2.45) is 0 Å². The third-order valence-electron chi connectivity index (χ3n) is 1.82. The van der Waals surface area contributed by atoms with Gasteiger partial charge in [-0.05, 0) is 20.3 Å². The van der Waals surface area contributed by atoms with Crippen molar-refractivity contribution in [3.05, 3.63) is 11.3 Å². The van der Waals surface area contributed by atoms with Gasteiger partial charge in [-0.25, -0.2) is 5.01 Å². The van der Waals surface area contributed by atoms with Gasteiger partial charge in [0.15, 0.2) is 0 Å². The molecule has 1 aliphatic rings. The van der Waals surface area contributed by atoms with Crippen LogP contribution < -0.4 is 5.43 Å². The van der Waals surface area contributed by atoms with Gasteiger partial charge in [0, 0.05) is 19.3 Å². The van der Waals surface area contributed by atoms with Gasteiger partial charge in [0.1, 0.15) is 0 Å². The lowest BCUT2D eigenvalue weighted by atomic mass is 10.1. The van der Waals surface area contributed by atoms with Crippen molar-refractivity contribution in [2.45, 2.75) is 20.3 Å². The van der Waals surface area contributed by atoms with Crippen molar-refractivity contribution in [1.29, 1.82) is 0 Å². The largest absolute Gasteiger partial charge is 0.324 e. The van der Waals surface area contributed by atoms with Gasteiger partial charge < -0.3 is 5.43 Å². The summed E-state index contributed by atoms with van der Waals surface area (Å²) in [6.45, 7) is 5.42. The number of hydrogen-bond acceptors (Lipinski definition) is 2. The number of rotatable bonds is 0. The molecule has 0 aliphatic carbocycles. The van der Waals surface area contributed by atoms with E-state index in [9.17, 15) is 0 Å². The van der Waals surface area contributed by atoms with Gasteiger partial charge in [-0.1, -0.05) is 5.57 Å². The third kappa shape index (κ3) is 1.45. The van der Waals surface area contributed by atoms with E-state index in [1.165, 1.54) is 17.7 Å². The number of allylic oxidation sites excluding steroid dienone is 1. The van der Waals surface area contributed by atoms with Crippen LogP contribution in [0.2, 0.25) is 0 Å². The maximum absolute atomic E-state index is 3.24. The number of hydrazine groups is 1. The first-order valence-corrected chi connectivity index (χ1v) is 3.34. The average Bonchev–Trinajstić information content (AvgIpc) is 1.80. The fraction of sp³-hybridized carbons (Fsp3) is 0.714. The molecular weight excluding hydrogens is 112 g/mol. The van der Waals surface area contributed by atoms with Crippen LogP contribution in [-0.4, -0.2) is 18.6 Å². The smallest absolute Gasteiger partial charge is 0.0222 e. The minimum Gasteiger partial charge on any atom is -0.324 e. The molecule has 1 heterocycles. The lowest BCUT2D eigenvalue weighted by Crippen LogP contribution is -2.37. The summed E-state index contributed by atoms with van der Waals surface area (Å²) in [5.41, 5.74) is 6.03. The monoisotopic (exact) mass is 126 g/mol. The van der Waals surface area contributed by atoms with E-state index in [2.05, 4.69) is 31.3 Å². The highest BCUT2D eigenvalue weighted by Crippen LogP contribution is 2.10. The molecule has 0 fully saturated rings. The van der Waals surface area contributed by atoms with Crippen LogP contribution in [0.25, 0.3) is 0 Å². The fourth-order valence-corrected chi connectivity index (χ4v) is 0.961. The van der Waals surface area contributed by atoms with Crippen LogP contribution in [-0.2, 0) is 0 Å². The van der Waals surface area contributed by atoms with Crippen LogP contribution in [0.1, 0.15) is 20.3 Å².